The van der Waals surface area contributed by atoms with Crippen molar-refractivity contribution in [3.63, 3.8) is 0 Å². The Balaban J connectivity index is 0.000000124. The Bertz CT molecular complexity index is 1550. The van der Waals surface area contributed by atoms with Crippen molar-refractivity contribution < 1.29 is 14.4 Å². The van der Waals surface area contributed by atoms with E-state index in [1.165, 1.54) is 21.5 Å². The first-order chi connectivity index (χ1) is 19.9. The molecule has 1 saturated heterocycles. The fourth-order valence-electron chi connectivity index (χ4n) is 4.91. The lowest BCUT2D eigenvalue weighted by molar-refractivity contribution is -0.144. The summed E-state index contributed by atoms with van der Waals surface area (Å²) in [7, 11) is 0. The van der Waals surface area contributed by atoms with E-state index >= 15 is 0 Å². The van der Waals surface area contributed by atoms with Crippen molar-refractivity contribution in [3.05, 3.63) is 109 Å². The third-order valence-electron chi connectivity index (χ3n) is 7.38. The highest BCUT2D eigenvalue weighted by Gasteiger charge is 2.47. The molecule has 0 aliphatic carbocycles. The van der Waals surface area contributed by atoms with Gasteiger partial charge >= 0.3 is 6.03 Å². The summed E-state index contributed by atoms with van der Waals surface area (Å²) in [5, 5.41) is 8.99. The lowest BCUT2D eigenvalue weighted by atomic mass is 9.79. The van der Waals surface area contributed by atoms with Gasteiger partial charge < -0.3 is 0 Å². The Morgan fingerprint density at radius 2 is 0.805 bits per heavy atom. The number of rotatable bonds is 2. The third-order valence-corrected chi connectivity index (χ3v) is 7.38. The number of pyridine rings is 2. The van der Waals surface area contributed by atoms with Crippen LogP contribution in [0.25, 0.3) is 43.6 Å². The normalized spacial score (nSPS) is 14.0. The van der Waals surface area contributed by atoms with Crippen molar-refractivity contribution in [2.45, 2.75) is 26.7 Å². The van der Waals surface area contributed by atoms with Crippen molar-refractivity contribution in [2.75, 3.05) is 0 Å². The van der Waals surface area contributed by atoms with Crippen LogP contribution in [0.2, 0.25) is 0 Å². The number of nitrogens with zero attached hydrogens (tertiary/aromatic N) is 2. The molecule has 0 radical (unpaired) electrons. The number of barbiturate groups is 1. The van der Waals surface area contributed by atoms with Gasteiger partial charge in [0.2, 0.25) is 11.8 Å². The van der Waals surface area contributed by atoms with E-state index in [0.29, 0.717) is 12.8 Å². The molecule has 7 heteroatoms. The Morgan fingerprint density at radius 1 is 0.512 bits per heavy atom. The van der Waals surface area contributed by atoms with Crippen molar-refractivity contribution >= 4 is 61.5 Å². The molecular formula is C34H30N4O3. The van der Waals surface area contributed by atoms with Crippen LogP contribution >= 0.6 is 0 Å². The van der Waals surface area contributed by atoms with Gasteiger partial charge in [-0.1, -0.05) is 86.6 Å². The van der Waals surface area contributed by atoms with E-state index in [-0.39, 0.29) is 0 Å². The molecular weight excluding hydrogens is 512 g/mol. The van der Waals surface area contributed by atoms with Gasteiger partial charge in [-0.25, -0.2) is 14.8 Å². The zero-order valence-corrected chi connectivity index (χ0v) is 22.9. The minimum Gasteiger partial charge on any atom is -0.277 e. The fourth-order valence-corrected chi connectivity index (χ4v) is 4.91. The summed E-state index contributed by atoms with van der Waals surface area (Å²) >= 11 is 0. The van der Waals surface area contributed by atoms with Gasteiger partial charge in [-0.15, -0.1) is 0 Å². The smallest absolute Gasteiger partial charge is 0.277 e. The Kier molecular flexibility index (Phi) is 7.97. The van der Waals surface area contributed by atoms with Gasteiger partial charge in [0.05, 0.1) is 22.1 Å². The van der Waals surface area contributed by atoms with E-state index in [1.54, 1.807) is 13.8 Å². The number of urea groups is 1. The van der Waals surface area contributed by atoms with Crippen LogP contribution in [0.5, 0.6) is 0 Å². The second kappa shape index (κ2) is 11.9. The van der Waals surface area contributed by atoms with E-state index in [1.807, 2.05) is 72.8 Å². The van der Waals surface area contributed by atoms with Crippen LogP contribution in [-0.4, -0.2) is 27.8 Å². The molecule has 0 bridgehead atoms. The first-order valence-corrected chi connectivity index (χ1v) is 13.6. The predicted molar refractivity (Wildman–Crippen MR) is 163 cm³/mol. The molecule has 7 rings (SSSR count). The van der Waals surface area contributed by atoms with Crippen LogP contribution in [0.15, 0.2) is 109 Å². The molecule has 0 saturated carbocycles. The lowest BCUT2D eigenvalue weighted by Crippen LogP contribution is -2.61. The molecule has 2 N–H and O–H groups in total. The maximum Gasteiger partial charge on any atom is 0.328 e. The average Bonchev–Trinajstić information content (AvgIpc) is 3.00. The first-order valence-electron chi connectivity index (χ1n) is 13.6. The molecule has 0 spiro atoms. The number of carbonyl (C=O) groups is 3. The van der Waals surface area contributed by atoms with Crippen LogP contribution in [0.4, 0.5) is 4.79 Å². The van der Waals surface area contributed by atoms with E-state index in [2.05, 4.69) is 57.0 Å². The number of imide groups is 2. The van der Waals surface area contributed by atoms with Crippen molar-refractivity contribution in [1.82, 2.24) is 20.6 Å². The topological polar surface area (TPSA) is 101 Å². The fraction of sp³-hybridized carbons (Fsp3) is 0.147. The number of aromatic nitrogens is 2. The molecule has 1 aliphatic rings. The van der Waals surface area contributed by atoms with E-state index < -0.39 is 23.3 Å². The number of amides is 4. The highest BCUT2D eigenvalue weighted by Crippen LogP contribution is 2.28. The monoisotopic (exact) mass is 542 g/mol. The molecule has 1 fully saturated rings. The predicted octanol–water partition coefficient (Wildman–Crippen LogP) is 6.93. The molecule has 7 nitrogen and oxygen atoms in total. The lowest BCUT2D eigenvalue weighted by Gasteiger charge is -2.31. The second-order valence-electron chi connectivity index (χ2n) is 9.77. The molecule has 204 valence electrons. The largest absolute Gasteiger partial charge is 0.328 e. The van der Waals surface area contributed by atoms with E-state index in [0.717, 1.165) is 22.1 Å². The van der Waals surface area contributed by atoms with Gasteiger partial charge in [0, 0.05) is 21.5 Å². The molecule has 3 heterocycles. The quantitative estimate of drug-likeness (QED) is 0.182. The highest BCUT2D eigenvalue weighted by molar-refractivity contribution is 6.19. The number of fused-ring (bicyclic) bond motifs is 4. The van der Waals surface area contributed by atoms with Crippen LogP contribution in [0.3, 0.4) is 0 Å². The summed E-state index contributed by atoms with van der Waals surface area (Å²) in [6.45, 7) is 3.50. The zero-order chi connectivity index (χ0) is 28.8. The van der Waals surface area contributed by atoms with Crippen LogP contribution in [0.1, 0.15) is 26.7 Å². The van der Waals surface area contributed by atoms with Crippen molar-refractivity contribution in [1.29, 1.82) is 0 Å². The Labute approximate surface area is 237 Å². The molecule has 41 heavy (non-hydrogen) atoms. The van der Waals surface area contributed by atoms with Crippen molar-refractivity contribution in [3.8, 4) is 0 Å². The van der Waals surface area contributed by atoms with Gasteiger partial charge in [-0.05, 0) is 49.2 Å². The maximum atomic E-state index is 11.4. The molecule has 4 amide bonds. The first kappa shape index (κ1) is 27.4. The van der Waals surface area contributed by atoms with E-state index in [4.69, 9.17) is 0 Å². The standard InChI is InChI=1S/2C13H9N.C8H12N2O3/c2*1-3-7-12-10(5-1)9-11-6-2-4-8-13(11)14-12;1-3-8(4-2)5(11)9-7(13)10-6(8)12/h2*1-9H;3-4H2,1-2H3,(H2,9,10,11,12,13). The van der Waals surface area contributed by atoms with Gasteiger partial charge in [-0.3, -0.25) is 20.2 Å². The highest BCUT2D eigenvalue weighted by atomic mass is 16.2. The Hall–Kier alpha value is -5.17. The summed E-state index contributed by atoms with van der Waals surface area (Å²) in [4.78, 5) is 42.7. The van der Waals surface area contributed by atoms with Gasteiger partial charge in [0.1, 0.15) is 5.41 Å². The third kappa shape index (κ3) is 5.75. The summed E-state index contributed by atoms with van der Waals surface area (Å²) in [5.41, 5.74) is 3.18. The minimum absolute atomic E-state index is 0.397. The average molecular weight is 543 g/mol. The number of carbonyl (C=O) groups excluding carboxylic acids is 3. The summed E-state index contributed by atoms with van der Waals surface area (Å²) in [6.07, 6.45) is 0.795. The maximum absolute atomic E-state index is 11.4. The minimum atomic E-state index is -1.06. The number of hydrogen-bond acceptors (Lipinski definition) is 5. The van der Waals surface area contributed by atoms with Gasteiger partial charge in [-0.2, -0.15) is 0 Å². The summed E-state index contributed by atoms with van der Waals surface area (Å²) < 4.78 is 0. The number of nitrogens with one attached hydrogen (secondary N) is 2. The van der Waals surface area contributed by atoms with Crippen LogP contribution in [0, 0.1) is 5.41 Å². The van der Waals surface area contributed by atoms with Crippen LogP contribution < -0.4 is 10.6 Å². The number of para-hydroxylation sites is 4. The summed E-state index contributed by atoms with van der Waals surface area (Å²) in [5.74, 6) is -0.988. The molecule has 2 aromatic heterocycles. The summed E-state index contributed by atoms with van der Waals surface area (Å²) in [6, 6.07) is 36.4. The molecule has 6 aromatic rings. The molecule has 0 unspecified atom stereocenters. The second-order valence-corrected chi connectivity index (χ2v) is 9.77. The molecule has 1 aliphatic heterocycles. The SMILES string of the molecule is CCC1(CC)C(=O)NC(=O)NC1=O.c1ccc2nc3ccccc3cc2c1.c1ccc2nc3ccccc3cc2c1. The van der Waals surface area contributed by atoms with E-state index in [9.17, 15) is 14.4 Å². The number of benzene rings is 4. The van der Waals surface area contributed by atoms with Crippen molar-refractivity contribution in [2.24, 2.45) is 5.41 Å². The zero-order valence-electron chi connectivity index (χ0n) is 22.9. The van der Waals surface area contributed by atoms with Crippen LogP contribution in [-0.2, 0) is 9.59 Å². The van der Waals surface area contributed by atoms with Gasteiger partial charge in [0.15, 0.2) is 0 Å². The number of hydrogen-bond donors (Lipinski definition) is 2. The molecule has 4 aromatic carbocycles. The molecule has 0 atom stereocenters. The van der Waals surface area contributed by atoms with Gasteiger partial charge in [0.25, 0.3) is 0 Å². The Morgan fingerprint density at radius 3 is 1.10 bits per heavy atom.